The molecule has 0 aliphatic heterocycles. The molecule has 9 rings (SSSR count). The highest BCUT2D eigenvalue weighted by Crippen LogP contribution is 2.43. The van der Waals surface area contributed by atoms with Gasteiger partial charge in [-0.1, -0.05) is 97.9 Å². The van der Waals surface area contributed by atoms with Crippen LogP contribution < -0.4 is 0 Å². The van der Waals surface area contributed by atoms with Crippen molar-refractivity contribution in [1.82, 2.24) is 9.13 Å². The largest absolute Gasteiger partial charge is 0.312 e. The summed E-state index contributed by atoms with van der Waals surface area (Å²) in [5.74, 6) is 0.393. The van der Waals surface area contributed by atoms with Crippen LogP contribution in [0.2, 0.25) is 0 Å². The van der Waals surface area contributed by atoms with Gasteiger partial charge in [-0.2, -0.15) is 10.5 Å². The van der Waals surface area contributed by atoms with E-state index >= 15 is 0 Å². The molecule has 0 saturated heterocycles. The Labute approximate surface area is 284 Å². The first-order valence-corrected chi connectivity index (χ1v) is 16.6. The molecule has 0 bridgehead atoms. The number of hydrogen-bond acceptors (Lipinski definition) is 2. The molecular formula is C45H30N4. The zero-order chi connectivity index (χ0) is 33.1. The summed E-state index contributed by atoms with van der Waals surface area (Å²) in [6, 6.07) is 48.8. The Bertz CT molecular complexity index is 2790. The molecular weight excluding hydrogens is 597 g/mol. The quantitative estimate of drug-likeness (QED) is 0.195. The normalized spacial score (nSPS) is 14.3. The first-order chi connectivity index (χ1) is 24.1. The van der Waals surface area contributed by atoms with E-state index < -0.39 is 0 Å². The molecule has 4 nitrogen and oxygen atoms in total. The van der Waals surface area contributed by atoms with E-state index in [0.717, 1.165) is 50.6 Å². The SMILES string of the molecule is CC1CC=CC=C1n1c2ccccc2c2cccc(-c3cccc(-c4cccc5c6cc(C#N)ccc6n(-c6cccc(C#N)c6)c45)c3)c21. The second-order valence-electron chi connectivity index (χ2n) is 12.8. The van der Waals surface area contributed by atoms with E-state index in [1.165, 1.54) is 33.1 Å². The monoisotopic (exact) mass is 626 g/mol. The Kier molecular flexibility index (Phi) is 6.57. The Morgan fingerprint density at radius 2 is 1.20 bits per heavy atom. The van der Waals surface area contributed by atoms with Gasteiger partial charge in [-0.3, -0.25) is 0 Å². The molecule has 0 spiro atoms. The van der Waals surface area contributed by atoms with Gasteiger partial charge in [0.2, 0.25) is 0 Å². The van der Waals surface area contributed by atoms with Crippen LogP contribution in [-0.4, -0.2) is 9.13 Å². The Morgan fingerprint density at radius 3 is 1.96 bits per heavy atom. The minimum Gasteiger partial charge on any atom is -0.312 e. The fourth-order valence-corrected chi connectivity index (χ4v) is 7.76. The van der Waals surface area contributed by atoms with Crippen LogP contribution in [0.25, 0.3) is 77.2 Å². The van der Waals surface area contributed by atoms with Crippen molar-refractivity contribution in [3.8, 4) is 40.1 Å². The lowest BCUT2D eigenvalue weighted by Gasteiger charge is -2.22. The summed E-state index contributed by atoms with van der Waals surface area (Å²) >= 11 is 0. The molecule has 49 heavy (non-hydrogen) atoms. The number of nitriles is 2. The Hall–Kier alpha value is -6.62. The summed E-state index contributed by atoms with van der Waals surface area (Å²) in [5, 5.41) is 24.1. The van der Waals surface area contributed by atoms with E-state index in [2.05, 4.69) is 131 Å². The molecule has 0 saturated carbocycles. The minimum absolute atomic E-state index is 0.393. The van der Waals surface area contributed by atoms with E-state index in [0.29, 0.717) is 17.0 Å². The third kappa shape index (κ3) is 4.43. The third-order valence-electron chi connectivity index (χ3n) is 9.98. The molecule has 0 N–H and O–H groups in total. The number of fused-ring (bicyclic) bond motifs is 6. The first-order valence-electron chi connectivity index (χ1n) is 16.6. The van der Waals surface area contributed by atoms with E-state index in [9.17, 15) is 10.5 Å². The zero-order valence-electron chi connectivity index (χ0n) is 26.9. The molecule has 0 radical (unpaired) electrons. The van der Waals surface area contributed by atoms with Crippen LogP contribution in [0.5, 0.6) is 0 Å². The third-order valence-corrected chi connectivity index (χ3v) is 9.98. The first kappa shape index (κ1) is 28.6. The predicted molar refractivity (Wildman–Crippen MR) is 201 cm³/mol. The molecule has 0 amide bonds. The van der Waals surface area contributed by atoms with Gasteiger partial charge in [0.25, 0.3) is 0 Å². The number of benzene rings is 6. The smallest absolute Gasteiger partial charge is 0.0992 e. The van der Waals surface area contributed by atoms with Crippen molar-refractivity contribution in [3.05, 3.63) is 157 Å². The number of allylic oxidation sites excluding steroid dienone is 4. The molecule has 1 aliphatic rings. The molecule has 0 fully saturated rings. The van der Waals surface area contributed by atoms with E-state index in [4.69, 9.17) is 0 Å². The number of rotatable bonds is 4. The van der Waals surface area contributed by atoms with Crippen molar-refractivity contribution in [1.29, 1.82) is 10.5 Å². The number of nitrogens with zero attached hydrogens (tertiary/aromatic N) is 4. The van der Waals surface area contributed by atoms with Crippen LogP contribution in [-0.2, 0) is 0 Å². The number of para-hydroxylation sites is 3. The maximum absolute atomic E-state index is 9.77. The van der Waals surface area contributed by atoms with E-state index in [1.54, 1.807) is 0 Å². The highest BCUT2D eigenvalue weighted by molar-refractivity contribution is 6.16. The summed E-state index contributed by atoms with van der Waals surface area (Å²) in [7, 11) is 0. The minimum atomic E-state index is 0.393. The lowest BCUT2D eigenvalue weighted by molar-refractivity contribution is 0.725. The average Bonchev–Trinajstić information content (AvgIpc) is 3.68. The van der Waals surface area contributed by atoms with Crippen LogP contribution in [0, 0.1) is 28.6 Å². The van der Waals surface area contributed by atoms with Gasteiger partial charge in [-0.05, 0) is 72.2 Å². The fraction of sp³-hybridized carbons (Fsp3) is 0.0667. The predicted octanol–water partition coefficient (Wildman–Crippen LogP) is 11.4. The summed E-state index contributed by atoms with van der Waals surface area (Å²) < 4.78 is 4.71. The highest BCUT2D eigenvalue weighted by atomic mass is 15.0. The second kappa shape index (κ2) is 11.3. The van der Waals surface area contributed by atoms with Crippen LogP contribution in [0.1, 0.15) is 24.5 Å². The molecule has 8 aromatic rings. The van der Waals surface area contributed by atoms with Gasteiger partial charge in [0.15, 0.2) is 0 Å². The van der Waals surface area contributed by atoms with Gasteiger partial charge in [-0.25, -0.2) is 0 Å². The summed E-state index contributed by atoms with van der Waals surface area (Å²) in [6.45, 7) is 2.31. The standard InChI is InChI=1S/C45H30N4/c1-29-10-2-4-20-41(29)49-42-21-5-3-15-37(42)38-18-8-17-36(45(38)49)33-13-7-12-32(26-33)35-16-9-19-39-40-25-31(28-47)22-23-43(40)48(44(35)39)34-14-6-11-30(24-34)27-46/h2-9,11-26,29H,10H2,1H3. The van der Waals surface area contributed by atoms with E-state index in [1.807, 2.05) is 42.5 Å². The van der Waals surface area contributed by atoms with Gasteiger partial charge >= 0.3 is 0 Å². The maximum atomic E-state index is 9.77. The van der Waals surface area contributed by atoms with Crippen molar-refractivity contribution in [2.75, 3.05) is 0 Å². The van der Waals surface area contributed by atoms with Gasteiger partial charge in [-0.15, -0.1) is 0 Å². The lowest BCUT2D eigenvalue weighted by atomic mass is 9.95. The molecule has 1 aliphatic carbocycles. The van der Waals surface area contributed by atoms with Crippen molar-refractivity contribution >= 4 is 49.3 Å². The molecule has 6 aromatic carbocycles. The topological polar surface area (TPSA) is 57.4 Å². The van der Waals surface area contributed by atoms with Crippen molar-refractivity contribution < 1.29 is 0 Å². The van der Waals surface area contributed by atoms with Crippen LogP contribution in [0.15, 0.2) is 146 Å². The molecule has 2 heterocycles. The maximum Gasteiger partial charge on any atom is 0.0992 e. The zero-order valence-corrected chi connectivity index (χ0v) is 26.9. The molecule has 2 aromatic heterocycles. The van der Waals surface area contributed by atoms with Gasteiger partial charge in [0.05, 0.1) is 45.3 Å². The molecule has 230 valence electrons. The van der Waals surface area contributed by atoms with Crippen molar-refractivity contribution in [2.24, 2.45) is 5.92 Å². The molecule has 1 unspecified atom stereocenters. The van der Waals surface area contributed by atoms with E-state index in [-0.39, 0.29) is 0 Å². The van der Waals surface area contributed by atoms with Crippen LogP contribution in [0.4, 0.5) is 0 Å². The Morgan fingerprint density at radius 1 is 0.571 bits per heavy atom. The number of hydrogen-bond donors (Lipinski definition) is 0. The van der Waals surface area contributed by atoms with Gasteiger partial charge < -0.3 is 9.13 Å². The Balaban J connectivity index is 1.32. The van der Waals surface area contributed by atoms with Crippen LogP contribution >= 0.6 is 0 Å². The highest BCUT2D eigenvalue weighted by Gasteiger charge is 2.22. The van der Waals surface area contributed by atoms with Crippen LogP contribution in [0.3, 0.4) is 0 Å². The summed E-state index contributed by atoms with van der Waals surface area (Å²) in [5.41, 5.74) is 12.4. The van der Waals surface area contributed by atoms with Gasteiger partial charge in [0.1, 0.15) is 0 Å². The molecule has 1 atom stereocenters. The second-order valence-corrected chi connectivity index (χ2v) is 12.8. The average molecular weight is 627 g/mol. The summed E-state index contributed by atoms with van der Waals surface area (Å²) in [4.78, 5) is 0. The summed E-state index contributed by atoms with van der Waals surface area (Å²) in [6.07, 6.45) is 7.73. The fourth-order valence-electron chi connectivity index (χ4n) is 7.76. The van der Waals surface area contributed by atoms with Crippen molar-refractivity contribution in [2.45, 2.75) is 13.3 Å². The molecule has 4 heteroatoms. The van der Waals surface area contributed by atoms with Crippen molar-refractivity contribution in [3.63, 3.8) is 0 Å². The number of aromatic nitrogens is 2. The lowest BCUT2D eigenvalue weighted by Crippen LogP contribution is -2.08. The van der Waals surface area contributed by atoms with Gasteiger partial charge in [0, 0.05) is 50.0 Å².